The minimum atomic E-state index is -4.62. The maximum Gasteiger partial charge on any atom is 0.298 e. The number of rotatable bonds is 1. The number of hydrogen-bond donors (Lipinski definition) is 3. The molecule has 0 saturated heterocycles. The zero-order valence-corrected chi connectivity index (χ0v) is 13.8. The first-order valence-electron chi connectivity index (χ1n) is 7.66. The molecule has 0 spiro atoms. The van der Waals surface area contributed by atoms with Gasteiger partial charge in [0.05, 0.1) is 0 Å². The standard InChI is InChI=1S/C17H17NO5S/c1-18-6-5-9-3-2-4-11-14(9)12(18)7-10-8-13(24(21,22)23)16(19)17(20)15(10)11/h2-4,8,12,19-20H,5-7H2,1H3,(H,21,22,23)/t12-/m1/s1. The van der Waals surface area contributed by atoms with E-state index in [9.17, 15) is 23.2 Å². The van der Waals surface area contributed by atoms with Crippen molar-refractivity contribution < 1.29 is 23.2 Å². The van der Waals surface area contributed by atoms with Crippen molar-refractivity contribution in [3.05, 3.63) is 41.0 Å². The molecule has 0 unspecified atom stereocenters. The molecule has 7 heteroatoms. The van der Waals surface area contributed by atoms with Gasteiger partial charge in [0.2, 0.25) is 0 Å². The van der Waals surface area contributed by atoms with Crippen molar-refractivity contribution in [3.8, 4) is 22.6 Å². The molecular weight excluding hydrogens is 330 g/mol. The van der Waals surface area contributed by atoms with Crippen LogP contribution in [0.25, 0.3) is 11.1 Å². The fourth-order valence-corrected chi connectivity index (χ4v) is 4.56. The molecule has 1 atom stereocenters. The molecule has 1 aliphatic heterocycles. The number of aromatic hydroxyl groups is 2. The lowest BCUT2D eigenvalue weighted by Crippen LogP contribution is -2.35. The SMILES string of the molecule is CN1CCc2cccc3c2[C@H]1Cc1cc(S(=O)(=O)O)c(O)c(O)c1-3. The molecule has 0 fully saturated rings. The lowest BCUT2D eigenvalue weighted by molar-refractivity contribution is 0.227. The molecule has 0 amide bonds. The fourth-order valence-electron chi connectivity index (χ4n) is 3.93. The number of nitrogens with zero attached hydrogens (tertiary/aromatic N) is 1. The van der Waals surface area contributed by atoms with Gasteiger partial charge < -0.3 is 10.2 Å². The topological polar surface area (TPSA) is 98.1 Å². The molecular formula is C17H17NO5S. The number of fused-ring (bicyclic) bond motifs is 2. The van der Waals surface area contributed by atoms with E-state index in [0.29, 0.717) is 17.5 Å². The van der Waals surface area contributed by atoms with Gasteiger partial charge >= 0.3 is 0 Å². The van der Waals surface area contributed by atoms with Crippen molar-refractivity contribution in [1.29, 1.82) is 0 Å². The zero-order valence-electron chi connectivity index (χ0n) is 13.0. The van der Waals surface area contributed by atoms with Crippen LogP contribution in [0.3, 0.4) is 0 Å². The maximum atomic E-state index is 11.5. The van der Waals surface area contributed by atoms with E-state index in [0.717, 1.165) is 24.1 Å². The van der Waals surface area contributed by atoms with E-state index >= 15 is 0 Å². The molecule has 6 nitrogen and oxygen atoms in total. The van der Waals surface area contributed by atoms with Crippen LogP contribution < -0.4 is 0 Å². The molecule has 1 aliphatic carbocycles. The second-order valence-corrected chi connectivity index (χ2v) is 7.80. The molecule has 4 rings (SSSR count). The highest BCUT2D eigenvalue weighted by Crippen LogP contribution is 2.51. The van der Waals surface area contributed by atoms with E-state index in [1.807, 2.05) is 19.2 Å². The Morgan fingerprint density at radius 3 is 2.62 bits per heavy atom. The van der Waals surface area contributed by atoms with Crippen LogP contribution in [0.5, 0.6) is 11.5 Å². The summed E-state index contributed by atoms with van der Waals surface area (Å²) in [6.45, 7) is 0.895. The van der Waals surface area contributed by atoms with Crippen LogP contribution in [0, 0.1) is 0 Å². The average Bonchev–Trinajstić information content (AvgIpc) is 2.52. The third kappa shape index (κ3) is 2.05. The van der Waals surface area contributed by atoms with Crippen LogP contribution in [-0.2, 0) is 23.0 Å². The monoisotopic (exact) mass is 347 g/mol. The Bertz CT molecular complexity index is 967. The molecule has 126 valence electrons. The minimum Gasteiger partial charge on any atom is -0.504 e. The van der Waals surface area contributed by atoms with E-state index in [1.165, 1.54) is 11.6 Å². The Kier molecular flexibility index (Phi) is 3.19. The van der Waals surface area contributed by atoms with Gasteiger partial charge in [-0.25, -0.2) is 0 Å². The van der Waals surface area contributed by atoms with Gasteiger partial charge in [-0.3, -0.25) is 9.45 Å². The molecule has 1 heterocycles. The highest BCUT2D eigenvalue weighted by molar-refractivity contribution is 7.86. The summed E-state index contributed by atoms with van der Waals surface area (Å²) in [7, 11) is -2.61. The number of likely N-dealkylation sites (N-methyl/N-ethyl adjacent to an activating group) is 1. The summed E-state index contributed by atoms with van der Waals surface area (Å²) in [5, 5.41) is 20.5. The van der Waals surface area contributed by atoms with Gasteiger partial charge in [-0.15, -0.1) is 0 Å². The average molecular weight is 347 g/mol. The van der Waals surface area contributed by atoms with Crippen LogP contribution >= 0.6 is 0 Å². The Balaban J connectivity index is 2.06. The van der Waals surface area contributed by atoms with E-state index in [1.54, 1.807) is 0 Å². The summed E-state index contributed by atoms with van der Waals surface area (Å²) in [5.74, 6) is -1.31. The normalized spacial score (nSPS) is 19.7. The van der Waals surface area contributed by atoms with Crippen molar-refractivity contribution in [3.63, 3.8) is 0 Å². The Labute approximate surface area is 139 Å². The second kappa shape index (κ2) is 4.95. The van der Waals surface area contributed by atoms with E-state index in [4.69, 9.17) is 0 Å². The molecule has 3 N–H and O–H groups in total. The van der Waals surface area contributed by atoms with Gasteiger partial charge in [0, 0.05) is 18.2 Å². The lowest BCUT2D eigenvalue weighted by atomic mass is 9.77. The molecule has 0 saturated carbocycles. The van der Waals surface area contributed by atoms with Gasteiger partial charge in [0.15, 0.2) is 11.5 Å². The summed E-state index contributed by atoms with van der Waals surface area (Å²) in [6.07, 6.45) is 1.41. The fraction of sp³-hybridized carbons (Fsp3) is 0.294. The first-order valence-corrected chi connectivity index (χ1v) is 9.10. The van der Waals surface area contributed by atoms with Crippen molar-refractivity contribution >= 4 is 10.1 Å². The van der Waals surface area contributed by atoms with Crippen molar-refractivity contribution in [2.75, 3.05) is 13.6 Å². The van der Waals surface area contributed by atoms with Gasteiger partial charge in [0.1, 0.15) is 4.90 Å². The van der Waals surface area contributed by atoms with Crippen LogP contribution in [-0.4, -0.2) is 41.7 Å². The summed E-state index contributed by atoms with van der Waals surface area (Å²) in [4.78, 5) is 1.54. The Morgan fingerprint density at radius 1 is 1.17 bits per heavy atom. The van der Waals surface area contributed by atoms with Gasteiger partial charge in [-0.2, -0.15) is 8.42 Å². The maximum absolute atomic E-state index is 11.5. The summed E-state index contributed by atoms with van der Waals surface area (Å²) >= 11 is 0. The van der Waals surface area contributed by atoms with E-state index in [-0.39, 0.29) is 6.04 Å². The summed E-state index contributed by atoms with van der Waals surface area (Å²) in [5.41, 5.74) is 4.18. The molecule has 0 bridgehead atoms. The third-order valence-electron chi connectivity index (χ3n) is 5.08. The van der Waals surface area contributed by atoms with Gasteiger partial charge in [-0.1, -0.05) is 18.2 Å². The van der Waals surface area contributed by atoms with Crippen molar-refractivity contribution in [2.24, 2.45) is 0 Å². The van der Waals surface area contributed by atoms with Crippen LogP contribution in [0.4, 0.5) is 0 Å². The smallest absolute Gasteiger partial charge is 0.298 e. The number of hydrogen-bond acceptors (Lipinski definition) is 5. The Morgan fingerprint density at radius 2 is 1.92 bits per heavy atom. The zero-order chi connectivity index (χ0) is 17.2. The molecule has 24 heavy (non-hydrogen) atoms. The van der Waals surface area contributed by atoms with Gasteiger partial charge in [-0.05, 0) is 48.2 Å². The predicted octanol–water partition coefficient (Wildman–Crippen LogP) is 2.10. The molecule has 2 aromatic carbocycles. The second-order valence-electron chi connectivity index (χ2n) is 6.41. The molecule has 2 aromatic rings. The van der Waals surface area contributed by atoms with Crippen LogP contribution in [0.2, 0.25) is 0 Å². The molecule has 0 aromatic heterocycles. The largest absolute Gasteiger partial charge is 0.504 e. The quantitative estimate of drug-likeness (QED) is 0.540. The van der Waals surface area contributed by atoms with Crippen molar-refractivity contribution in [1.82, 2.24) is 4.90 Å². The summed E-state index contributed by atoms with van der Waals surface area (Å²) in [6, 6.07) is 7.18. The number of phenols is 2. The van der Waals surface area contributed by atoms with E-state index in [2.05, 4.69) is 11.0 Å². The third-order valence-corrected chi connectivity index (χ3v) is 5.94. The highest BCUT2D eigenvalue weighted by atomic mass is 32.2. The van der Waals surface area contributed by atoms with Crippen LogP contribution in [0.15, 0.2) is 29.2 Å². The first kappa shape index (κ1) is 15.4. The lowest BCUT2D eigenvalue weighted by Gasteiger charge is -2.40. The van der Waals surface area contributed by atoms with Crippen LogP contribution in [0.1, 0.15) is 22.7 Å². The number of phenolic OH excluding ortho intramolecular Hbond substituents is 2. The number of benzene rings is 2. The molecule has 2 aliphatic rings. The van der Waals surface area contributed by atoms with E-state index < -0.39 is 26.5 Å². The van der Waals surface area contributed by atoms with Gasteiger partial charge in [0.25, 0.3) is 10.1 Å². The Hall–Kier alpha value is -2.09. The molecule has 0 radical (unpaired) electrons. The summed E-state index contributed by atoms with van der Waals surface area (Å²) < 4.78 is 32.3. The first-order chi connectivity index (χ1) is 11.3. The minimum absolute atomic E-state index is 0.0793. The van der Waals surface area contributed by atoms with Crippen molar-refractivity contribution in [2.45, 2.75) is 23.8 Å². The predicted molar refractivity (Wildman–Crippen MR) is 87.8 cm³/mol. The highest BCUT2D eigenvalue weighted by Gasteiger charge is 2.36.